The van der Waals surface area contributed by atoms with E-state index in [1.807, 2.05) is 17.4 Å². The second-order valence-electron chi connectivity index (χ2n) is 4.39. The Kier molecular flexibility index (Phi) is 5.23. The van der Waals surface area contributed by atoms with Gasteiger partial charge < -0.3 is 10.1 Å². The van der Waals surface area contributed by atoms with Crippen LogP contribution in [0.25, 0.3) is 0 Å². The van der Waals surface area contributed by atoms with E-state index in [9.17, 15) is 0 Å². The highest BCUT2D eigenvalue weighted by Gasteiger charge is 2.20. The first-order chi connectivity index (χ1) is 8.42. The molecule has 0 bridgehead atoms. The molecular formula is C14H21NOS. The molecule has 0 spiro atoms. The minimum atomic E-state index is 0.549. The second kappa shape index (κ2) is 6.94. The number of hydrogen-bond donors (Lipinski definition) is 1. The molecule has 2 nitrogen and oxygen atoms in total. The summed E-state index contributed by atoms with van der Waals surface area (Å²) in [6.07, 6.45) is 6.67. The van der Waals surface area contributed by atoms with Crippen molar-refractivity contribution < 1.29 is 4.74 Å². The maximum atomic E-state index is 5.50. The van der Waals surface area contributed by atoms with Crippen molar-refractivity contribution in [1.29, 1.82) is 0 Å². The smallest absolute Gasteiger partial charge is 0.0591 e. The summed E-state index contributed by atoms with van der Waals surface area (Å²) in [7, 11) is 0. The van der Waals surface area contributed by atoms with Crippen molar-refractivity contribution >= 4 is 11.3 Å². The number of nitrogens with one attached hydrogen (secondary N) is 1. The van der Waals surface area contributed by atoms with Crippen LogP contribution < -0.4 is 5.32 Å². The molecule has 0 amide bonds. The summed E-state index contributed by atoms with van der Waals surface area (Å²) in [4.78, 5) is 1.57. The highest BCUT2D eigenvalue weighted by atomic mass is 32.1. The maximum Gasteiger partial charge on any atom is 0.0591 e. The molecule has 1 atom stereocenters. The lowest BCUT2D eigenvalue weighted by molar-refractivity contribution is 0.137. The number of hydrogen-bond acceptors (Lipinski definition) is 3. The van der Waals surface area contributed by atoms with Gasteiger partial charge in [0.2, 0.25) is 0 Å². The molecular weight excluding hydrogens is 230 g/mol. The quantitative estimate of drug-likeness (QED) is 0.593. The van der Waals surface area contributed by atoms with Gasteiger partial charge in [-0.3, -0.25) is 0 Å². The monoisotopic (exact) mass is 251 g/mol. The van der Waals surface area contributed by atoms with Crippen LogP contribution in [0, 0.1) is 0 Å². The summed E-state index contributed by atoms with van der Waals surface area (Å²) in [5.74, 6) is 0. The summed E-state index contributed by atoms with van der Waals surface area (Å²) in [6, 6.07) is 2.82. The molecule has 0 saturated carbocycles. The Morgan fingerprint density at radius 1 is 1.53 bits per heavy atom. The molecule has 3 heteroatoms. The molecule has 17 heavy (non-hydrogen) atoms. The fourth-order valence-electron chi connectivity index (χ4n) is 2.27. The third kappa shape index (κ3) is 3.66. The summed E-state index contributed by atoms with van der Waals surface area (Å²) in [5, 5.41) is 5.81. The first-order valence-corrected chi connectivity index (χ1v) is 7.28. The van der Waals surface area contributed by atoms with Crippen LogP contribution in [0.3, 0.4) is 0 Å². The van der Waals surface area contributed by atoms with E-state index in [0.717, 1.165) is 26.2 Å². The van der Waals surface area contributed by atoms with Crippen LogP contribution in [0.1, 0.15) is 35.7 Å². The van der Waals surface area contributed by atoms with Crippen molar-refractivity contribution in [3.63, 3.8) is 0 Å². The van der Waals surface area contributed by atoms with Crippen LogP contribution in [-0.2, 0) is 11.2 Å². The minimum Gasteiger partial charge on any atom is -0.380 e. The Hall–Kier alpha value is -0.640. The molecule has 0 radical (unpaired) electrons. The summed E-state index contributed by atoms with van der Waals surface area (Å²) < 4.78 is 5.50. The highest BCUT2D eigenvalue weighted by molar-refractivity contribution is 7.10. The van der Waals surface area contributed by atoms with Crippen molar-refractivity contribution in [2.45, 2.75) is 31.7 Å². The molecule has 1 N–H and O–H groups in total. The molecule has 0 saturated heterocycles. The molecule has 1 aromatic rings. The summed E-state index contributed by atoms with van der Waals surface area (Å²) in [5.41, 5.74) is 1.52. The molecule has 0 aliphatic heterocycles. The van der Waals surface area contributed by atoms with Gasteiger partial charge in [0, 0.05) is 17.5 Å². The van der Waals surface area contributed by atoms with Gasteiger partial charge in [-0.05, 0) is 42.7 Å². The minimum absolute atomic E-state index is 0.549. The van der Waals surface area contributed by atoms with Crippen molar-refractivity contribution in [3.8, 4) is 0 Å². The van der Waals surface area contributed by atoms with Crippen molar-refractivity contribution in [2.24, 2.45) is 0 Å². The average Bonchev–Trinajstić information content (AvgIpc) is 2.82. The number of thiophene rings is 1. The first-order valence-electron chi connectivity index (χ1n) is 6.40. The van der Waals surface area contributed by atoms with Gasteiger partial charge in [0.1, 0.15) is 0 Å². The summed E-state index contributed by atoms with van der Waals surface area (Å²) in [6.45, 7) is 6.20. The Balaban J connectivity index is 1.69. The topological polar surface area (TPSA) is 21.3 Å². The van der Waals surface area contributed by atoms with Gasteiger partial charge in [0.05, 0.1) is 13.2 Å². The molecule has 1 aliphatic carbocycles. The van der Waals surface area contributed by atoms with Crippen LogP contribution >= 0.6 is 11.3 Å². The Morgan fingerprint density at radius 2 is 2.47 bits per heavy atom. The van der Waals surface area contributed by atoms with E-state index in [1.165, 1.54) is 24.8 Å². The normalized spacial score (nSPS) is 18.9. The lowest BCUT2D eigenvalue weighted by Crippen LogP contribution is -2.27. The SMILES string of the molecule is C=CCCOCCNC1CCCc2sccc21. The molecule has 2 rings (SSSR count). The largest absolute Gasteiger partial charge is 0.380 e. The first kappa shape index (κ1) is 12.8. The van der Waals surface area contributed by atoms with Crippen LogP contribution in [0.5, 0.6) is 0 Å². The zero-order valence-electron chi connectivity index (χ0n) is 10.3. The third-order valence-corrected chi connectivity index (χ3v) is 4.15. The van der Waals surface area contributed by atoms with Crippen LogP contribution in [0.4, 0.5) is 0 Å². The predicted molar refractivity (Wildman–Crippen MR) is 73.6 cm³/mol. The van der Waals surface area contributed by atoms with Gasteiger partial charge in [-0.15, -0.1) is 17.9 Å². The van der Waals surface area contributed by atoms with E-state index in [1.54, 1.807) is 4.88 Å². The van der Waals surface area contributed by atoms with E-state index < -0.39 is 0 Å². The molecule has 94 valence electrons. The zero-order chi connectivity index (χ0) is 11.9. The second-order valence-corrected chi connectivity index (χ2v) is 5.39. The molecule has 1 heterocycles. The average molecular weight is 251 g/mol. The fourth-order valence-corrected chi connectivity index (χ4v) is 3.26. The molecule has 1 aliphatic rings. The van der Waals surface area contributed by atoms with Crippen LogP contribution in [0.2, 0.25) is 0 Å². The van der Waals surface area contributed by atoms with Crippen molar-refractivity contribution in [2.75, 3.05) is 19.8 Å². The molecule has 1 aromatic heterocycles. The van der Waals surface area contributed by atoms with E-state index in [-0.39, 0.29) is 0 Å². The van der Waals surface area contributed by atoms with Gasteiger partial charge in [-0.2, -0.15) is 0 Å². The maximum absolute atomic E-state index is 5.50. The lowest BCUT2D eigenvalue weighted by atomic mass is 9.94. The lowest BCUT2D eigenvalue weighted by Gasteiger charge is -2.23. The van der Waals surface area contributed by atoms with Gasteiger partial charge in [0.15, 0.2) is 0 Å². The summed E-state index contributed by atoms with van der Waals surface area (Å²) >= 11 is 1.90. The van der Waals surface area contributed by atoms with Gasteiger partial charge in [-0.1, -0.05) is 6.08 Å². The van der Waals surface area contributed by atoms with Gasteiger partial charge >= 0.3 is 0 Å². The number of fused-ring (bicyclic) bond motifs is 1. The standard InChI is InChI=1S/C14H21NOS/c1-2-3-9-16-10-8-15-13-5-4-6-14-12(13)7-11-17-14/h2,7,11,13,15H,1,3-6,8-10H2. The Morgan fingerprint density at radius 3 is 3.35 bits per heavy atom. The highest BCUT2D eigenvalue weighted by Crippen LogP contribution is 2.32. The van der Waals surface area contributed by atoms with E-state index in [2.05, 4.69) is 23.3 Å². The Labute approximate surface area is 108 Å². The van der Waals surface area contributed by atoms with Crippen molar-refractivity contribution in [3.05, 3.63) is 34.5 Å². The van der Waals surface area contributed by atoms with Gasteiger partial charge in [0.25, 0.3) is 0 Å². The Bertz CT molecular complexity index is 348. The molecule has 0 fully saturated rings. The number of ether oxygens (including phenoxy) is 1. The van der Waals surface area contributed by atoms with E-state index in [4.69, 9.17) is 4.74 Å². The van der Waals surface area contributed by atoms with Gasteiger partial charge in [-0.25, -0.2) is 0 Å². The number of rotatable bonds is 7. The molecule has 1 unspecified atom stereocenters. The van der Waals surface area contributed by atoms with E-state index >= 15 is 0 Å². The van der Waals surface area contributed by atoms with Crippen molar-refractivity contribution in [1.82, 2.24) is 5.32 Å². The van der Waals surface area contributed by atoms with E-state index in [0.29, 0.717) is 6.04 Å². The number of aryl methyl sites for hydroxylation is 1. The fraction of sp³-hybridized carbons (Fsp3) is 0.571. The molecule has 0 aromatic carbocycles. The van der Waals surface area contributed by atoms with Crippen LogP contribution in [0.15, 0.2) is 24.1 Å². The third-order valence-electron chi connectivity index (χ3n) is 3.16. The van der Waals surface area contributed by atoms with Crippen LogP contribution in [-0.4, -0.2) is 19.8 Å². The predicted octanol–water partition coefficient (Wildman–Crippen LogP) is 3.31. The zero-order valence-corrected chi connectivity index (χ0v) is 11.1.